The molecular formula is C21H26Cl2N2O3. The van der Waals surface area contributed by atoms with Gasteiger partial charge in [0, 0.05) is 28.7 Å². The minimum absolute atomic E-state index is 0. The summed E-state index contributed by atoms with van der Waals surface area (Å²) in [6.45, 7) is 3.69. The highest BCUT2D eigenvalue weighted by atomic mass is 35.5. The van der Waals surface area contributed by atoms with Crippen LogP contribution in [0.15, 0.2) is 42.5 Å². The molecule has 5 nitrogen and oxygen atoms in total. The molecule has 2 unspecified atom stereocenters. The van der Waals surface area contributed by atoms with Gasteiger partial charge in [-0.2, -0.15) is 0 Å². The molecule has 1 amide bonds. The van der Waals surface area contributed by atoms with E-state index in [9.17, 15) is 4.79 Å². The average Bonchev–Trinajstić information content (AvgIpc) is 3.07. The van der Waals surface area contributed by atoms with E-state index >= 15 is 0 Å². The molecule has 2 aromatic carbocycles. The van der Waals surface area contributed by atoms with Crippen LogP contribution in [0.5, 0.6) is 11.5 Å². The predicted octanol–water partition coefficient (Wildman–Crippen LogP) is 4.16. The summed E-state index contributed by atoms with van der Waals surface area (Å²) in [6, 6.07) is 13.0. The lowest BCUT2D eigenvalue weighted by atomic mass is 10.1. The maximum Gasteiger partial charge on any atom is 0.254 e. The van der Waals surface area contributed by atoms with Crippen LogP contribution in [0.3, 0.4) is 0 Å². The van der Waals surface area contributed by atoms with Gasteiger partial charge in [0.2, 0.25) is 0 Å². The molecule has 0 saturated carbocycles. The summed E-state index contributed by atoms with van der Waals surface area (Å²) in [5.74, 6) is 1.46. The van der Waals surface area contributed by atoms with E-state index < -0.39 is 0 Å². The second-order valence-electron chi connectivity index (χ2n) is 6.89. The predicted molar refractivity (Wildman–Crippen MR) is 114 cm³/mol. The van der Waals surface area contributed by atoms with Crippen molar-refractivity contribution in [2.75, 3.05) is 20.2 Å². The molecular weight excluding hydrogens is 399 g/mol. The molecule has 2 aromatic rings. The normalized spacial score (nSPS) is 18.5. The highest BCUT2D eigenvalue weighted by molar-refractivity contribution is 6.31. The fourth-order valence-electron chi connectivity index (χ4n) is 3.45. The summed E-state index contributed by atoms with van der Waals surface area (Å²) >= 11 is 6.17. The molecule has 28 heavy (non-hydrogen) atoms. The van der Waals surface area contributed by atoms with E-state index in [0.717, 1.165) is 12.0 Å². The highest BCUT2D eigenvalue weighted by Gasteiger charge is 2.32. The second kappa shape index (κ2) is 10.0. The third-order valence-electron chi connectivity index (χ3n) is 5.01. The smallest absolute Gasteiger partial charge is 0.254 e. The molecule has 0 radical (unpaired) electrons. The Hall–Kier alpha value is -1.95. The number of carbonyl (C=O) groups excluding carboxylic acids is 1. The van der Waals surface area contributed by atoms with Gasteiger partial charge < -0.3 is 20.1 Å². The van der Waals surface area contributed by atoms with Gasteiger partial charge in [0.25, 0.3) is 5.91 Å². The number of methoxy groups -OCH3 is 1. The van der Waals surface area contributed by atoms with Gasteiger partial charge in [0.05, 0.1) is 7.11 Å². The van der Waals surface area contributed by atoms with E-state index in [2.05, 4.69) is 6.92 Å². The minimum atomic E-state index is -0.00518. The average molecular weight is 425 g/mol. The summed E-state index contributed by atoms with van der Waals surface area (Å²) in [6.07, 6.45) is 0.943. The van der Waals surface area contributed by atoms with Crippen molar-refractivity contribution in [3.63, 3.8) is 0 Å². The molecule has 0 aromatic heterocycles. The van der Waals surface area contributed by atoms with E-state index in [-0.39, 0.29) is 24.4 Å². The Morgan fingerprint density at radius 1 is 1.25 bits per heavy atom. The van der Waals surface area contributed by atoms with Gasteiger partial charge >= 0.3 is 0 Å². The Kier molecular flexibility index (Phi) is 7.98. The number of hydrogen-bond acceptors (Lipinski definition) is 4. The third kappa shape index (κ3) is 4.90. The van der Waals surface area contributed by atoms with Gasteiger partial charge in [-0.25, -0.2) is 0 Å². The van der Waals surface area contributed by atoms with Gasteiger partial charge in [-0.3, -0.25) is 4.79 Å². The number of nitrogens with zero attached hydrogens (tertiary/aromatic N) is 1. The van der Waals surface area contributed by atoms with Gasteiger partial charge in [0.15, 0.2) is 11.5 Å². The van der Waals surface area contributed by atoms with E-state index in [4.69, 9.17) is 26.8 Å². The molecule has 1 fully saturated rings. The zero-order valence-electron chi connectivity index (χ0n) is 16.1. The zero-order valence-corrected chi connectivity index (χ0v) is 17.6. The largest absolute Gasteiger partial charge is 0.493 e. The first-order chi connectivity index (χ1) is 13.0. The SMILES string of the molecule is COc1cc(C(=O)N2CC(CN)CC2C)ccc1OCc1ccccc1Cl.Cl. The van der Waals surface area contributed by atoms with E-state index in [1.807, 2.05) is 29.2 Å². The Balaban J connectivity index is 0.00000280. The van der Waals surface area contributed by atoms with Crippen molar-refractivity contribution in [1.82, 2.24) is 4.90 Å². The Labute approximate surface area is 177 Å². The third-order valence-corrected chi connectivity index (χ3v) is 5.38. The van der Waals surface area contributed by atoms with Gasteiger partial charge in [0.1, 0.15) is 6.61 Å². The van der Waals surface area contributed by atoms with Crippen molar-refractivity contribution < 1.29 is 14.3 Å². The minimum Gasteiger partial charge on any atom is -0.493 e. The van der Waals surface area contributed by atoms with Crippen LogP contribution in [0.2, 0.25) is 5.02 Å². The van der Waals surface area contributed by atoms with Crippen molar-refractivity contribution in [1.29, 1.82) is 0 Å². The molecule has 2 atom stereocenters. The number of ether oxygens (including phenoxy) is 2. The Morgan fingerprint density at radius 3 is 2.64 bits per heavy atom. The molecule has 0 spiro atoms. The molecule has 1 heterocycles. The maximum absolute atomic E-state index is 12.9. The first kappa shape index (κ1) is 22.3. The molecule has 2 N–H and O–H groups in total. The number of carbonyl (C=O) groups is 1. The molecule has 0 bridgehead atoms. The number of amides is 1. The summed E-state index contributed by atoms with van der Waals surface area (Å²) in [4.78, 5) is 14.8. The summed E-state index contributed by atoms with van der Waals surface area (Å²) < 4.78 is 11.3. The summed E-state index contributed by atoms with van der Waals surface area (Å²) in [5.41, 5.74) is 7.24. The van der Waals surface area contributed by atoms with Crippen molar-refractivity contribution in [3.8, 4) is 11.5 Å². The number of rotatable bonds is 6. The lowest BCUT2D eigenvalue weighted by molar-refractivity contribution is 0.0743. The monoisotopic (exact) mass is 424 g/mol. The maximum atomic E-state index is 12.9. The van der Waals surface area contributed by atoms with Crippen LogP contribution < -0.4 is 15.2 Å². The van der Waals surface area contributed by atoms with Crippen molar-refractivity contribution in [3.05, 3.63) is 58.6 Å². The number of nitrogens with two attached hydrogens (primary N) is 1. The standard InChI is InChI=1S/C21H25ClN2O3.ClH/c1-14-9-15(11-23)12-24(14)21(25)16-7-8-19(20(10-16)26-2)27-13-17-5-3-4-6-18(17)22;/h3-8,10,14-15H,9,11-13,23H2,1-2H3;1H. The van der Waals surface area contributed by atoms with Crippen molar-refractivity contribution >= 4 is 29.9 Å². The zero-order chi connectivity index (χ0) is 19.4. The molecule has 7 heteroatoms. The Bertz CT molecular complexity index is 816. The molecule has 1 saturated heterocycles. The van der Waals surface area contributed by atoms with Crippen LogP contribution in [-0.4, -0.2) is 37.0 Å². The molecule has 1 aliphatic heterocycles. The lowest BCUT2D eigenvalue weighted by Crippen LogP contribution is -2.34. The number of hydrogen-bond donors (Lipinski definition) is 1. The van der Waals surface area contributed by atoms with Crippen LogP contribution in [0, 0.1) is 5.92 Å². The lowest BCUT2D eigenvalue weighted by Gasteiger charge is -2.22. The summed E-state index contributed by atoms with van der Waals surface area (Å²) in [7, 11) is 1.56. The molecule has 0 aliphatic carbocycles. The fraction of sp³-hybridized carbons (Fsp3) is 0.381. The van der Waals surface area contributed by atoms with E-state index in [0.29, 0.717) is 47.7 Å². The van der Waals surface area contributed by atoms with Crippen LogP contribution in [0.4, 0.5) is 0 Å². The van der Waals surface area contributed by atoms with Crippen LogP contribution in [0.25, 0.3) is 0 Å². The first-order valence-corrected chi connectivity index (χ1v) is 9.46. The van der Waals surface area contributed by atoms with Crippen LogP contribution in [-0.2, 0) is 6.61 Å². The van der Waals surface area contributed by atoms with Gasteiger partial charge in [-0.15, -0.1) is 12.4 Å². The highest BCUT2D eigenvalue weighted by Crippen LogP contribution is 2.31. The van der Waals surface area contributed by atoms with Crippen LogP contribution >= 0.6 is 24.0 Å². The molecule has 152 valence electrons. The fourth-order valence-corrected chi connectivity index (χ4v) is 3.64. The summed E-state index contributed by atoms with van der Waals surface area (Å²) in [5, 5.41) is 0.653. The van der Waals surface area contributed by atoms with Gasteiger partial charge in [-0.05, 0) is 50.1 Å². The quantitative estimate of drug-likeness (QED) is 0.755. The number of likely N-dealkylation sites (tertiary alicyclic amines) is 1. The molecule has 3 rings (SSSR count). The van der Waals surface area contributed by atoms with E-state index in [1.54, 1.807) is 25.3 Å². The van der Waals surface area contributed by atoms with Gasteiger partial charge in [-0.1, -0.05) is 29.8 Å². The molecule has 1 aliphatic rings. The van der Waals surface area contributed by atoms with Crippen molar-refractivity contribution in [2.24, 2.45) is 11.7 Å². The number of halogens is 2. The first-order valence-electron chi connectivity index (χ1n) is 9.08. The number of benzene rings is 2. The van der Waals surface area contributed by atoms with Crippen LogP contribution in [0.1, 0.15) is 29.3 Å². The van der Waals surface area contributed by atoms with E-state index in [1.165, 1.54) is 0 Å². The topological polar surface area (TPSA) is 64.8 Å². The van der Waals surface area contributed by atoms with Crippen molar-refractivity contribution in [2.45, 2.75) is 26.0 Å². The Morgan fingerprint density at radius 2 is 2.00 bits per heavy atom. The second-order valence-corrected chi connectivity index (χ2v) is 7.30.